The van der Waals surface area contributed by atoms with Crippen LogP contribution in [0.15, 0.2) is 30.5 Å². The Morgan fingerprint density at radius 1 is 1.43 bits per heavy atom. The number of hydrogen-bond donors (Lipinski definition) is 1. The SMILES string of the molecule is O=C(Nc1ncc(Cc2ccc(Cl)cc2)s1)C1CCCO1. The van der Waals surface area contributed by atoms with Crippen LogP contribution < -0.4 is 5.32 Å². The van der Waals surface area contributed by atoms with E-state index in [1.807, 2.05) is 24.3 Å². The first-order valence-electron chi connectivity index (χ1n) is 6.82. The van der Waals surface area contributed by atoms with Crippen LogP contribution in [0.4, 0.5) is 5.13 Å². The lowest BCUT2D eigenvalue weighted by Crippen LogP contribution is -2.26. The van der Waals surface area contributed by atoms with Gasteiger partial charge >= 0.3 is 0 Å². The topological polar surface area (TPSA) is 51.2 Å². The van der Waals surface area contributed by atoms with E-state index in [9.17, 15) is 4.79 Å². The van der Waals surface area contributed by atoms with Crippen molar-refractivity contribution in [1.82, 2.24) is 4.98 Å². The van der Waals surface area contributed by atoms with Gasteiger partial charge in [-0.2, -0.15) is 0 Å². The summed E-state index contributed by atoms with van der Waals surface area (Å²) in [6.45, 7) is 0.664. The number of anilines is 1. The highest BCUT2D eigenvalue weighted by Gasteiger charge is 2.24. The maximum absolute atomic E-state index is 11.9. The molecular weight excluding hydrogens is 308 g/mol. The van der Waals surface area contributed by atoms with Gasteiger partial charge in [-0.1, -0.05) is 23.7 Å². The quantitative estimate of drug-likeness (QED) is 0.937. The lowest BCUT2D eigenvalue weighted by molar-refractivity contribution is -0.124. The van der Waals surface area contributed by atoms with E-state index >= 15 is 0 Å². The highest BCUT2D eigenvalue weighted by molar-refractivity contribution is 7.15. The number of aromatic nitrogens is 1. The van der Waals surface area contributed by atoms with Gasteiger partial charge in [0.05, 0.1) is 0 Å². The van der Waals surface area contributed by atoms with Crippen molar-refractivity contribution < 1.29 is 9.53 Å². The Hall–Kier alpha value is -1.43. The fraction of sp³-hybridized carbons (Fsp3) is 0.333. The number of nitrogens with one attached hydrogen (secondary N) is 1. The third kappa shape index (κ3) is 3.81. The van der Waals surface area contributed by atoms with Crippen LogP contribution >= 0.6 is 22.9 Å². The van der Waals surface area contributed by atoms with E-state index in [1.54, 1.807) is 6.20 Å². The van der Waals surface area contributed by atoms with Crippen LogP contribution in [0.3, 0.4) is 0 Å². The normalized spacial score (nSPS) is 17.9. The Kier molecular flexibility index (Phi) is 4.53. The molecule has 0 aliphatic carbocycles. The van der Waals surface area contributed by atoms with Gasteiger partial charge in [0.1, 0.15) is 6.10 Å². The molecule has 0 spiro atoms. The summed E-state index contributed by atoms with van der Waals surface area (Å²) in [6, 6.07) is 7.73. The van der Waals surface area contributed by atoms with E-state index in [4.69, 9.17) is 16.3 Å². The van der Waals surface area contributed by atoms with Crippen molar-refractivity contribution in [3.05, 3.63) is 45.9 Å². The predicted octanol–water partition coefficient (Wildman–Crippen LogP) is 3.50. The van der Waals surface area contributed by atoms with E-state index in [1.165, 1.54) is 16.9 Å². The number of hydrogen-bond acceptors (Lipinski definition) is 4. The van der Waals surface area contributed by atoms with Gasteiger partial charge in [0.25, 0.3) is 5.91 Å². The van der Waals surface area contributed by atoms with Gasteiger partial charge in [0.2, 0.25) is 0 Å². The van der Waals surface area contributed by atoms with Gasteiger partial charge in [-0.25, -0.2) is 4.98 Å². The first kappa shape index (κ1) is 14.5. The number of amides is 1. The Morgan fingerprint density at radius 3 is 2.95 bits per heavy atom. The highest BCUT2D eigenvalue weighted by Crippen LogP contribution is 2.23. The molecule has 6 heteroatoms. The average Bonchev–Trinajstić information content (AvgIpc) is 3.13. The zero-order valence-electron chi connectivity index (χ0n) is 11.3. The third-order valence-corrected chi connectivity index (χ3v) is 4.46. The van der Waals surface area contributed by atoms with Crippen LogP contribution in [0.1, 0.15) is 23.3 Å². The number of ether oxygens (including phenoxy) is 1. The van der Waals surface area contributed by atoms with Crippen molar-refractivity contribution in [3.63, 3.8) is 0 Å². The number of carbonyl (C=O) groups is 1. The number of benzene rings is 1. The molecular formula is C15H15ClN2O2S. The van der Waals surface area contributed by atoms with Gasteiger partial charge < -0.3 is 4.74 Å². The van der Waals surface area contributed by atoms with E-state index in [0.29, 0.717) is 11.7 Å². The monoisotopic (exact) mass is 322 g/mol. The fourth-order valence-corrected chi connectivity index (χ4v) is 3.20. The Balaban J connectivity index is 1.60. The Labute approximate surface area is 132 Å². The fourth-order valence-electron chi connectivity index (χ4n) is 2.22. The summed E-state index contributed by atoms with van der Waals surface area (Å²) < 4.78 is 5.35. The van der Waals surface area contributed by atoms with Crippen LogP contribution in [0.5, 0.6) is 0 Å². The first-order chi connectivity index (χ1) is 10.2. The minimum Gasteiger partial charge on any atom is -0.368 e. The Morgan fingerprint density at radius 2 is 2.24 bits per heavy atom. The van der Waals surface area contributed by atoms with Crippen LogP contribution in [0.25, 0.3) is 0 Å². The van der Waals surface area contributed by atoms with Gasteiger partial charge in [-0.05, 0) is 30.5 Å². The largest absolute Gasteiger partial charge is 0.368 e. The summed E-state index contributed by atoms with van der Waals surface area (Å²) >= 11 is 7.36. The van der Waals surface area contributed by atoms with E-state index in [-0.39, 0.29) is 12.0 Å². The maximum Gasteiger partial charge on any atom is 0.255 e. The second-order valence-corrected chi connectivity index (χ2v) is 6.48. The molecule has 1 saturated heterocycles. The van der Waals surface area contributed by atoms with Crippen LogP contribution in [0, 0.1) is 0 Å². The standard InChI is InChI=1S/C15H15ClN2O2S/c16-11-5-3-10(4-6-11)8-12-9-17-15(21-12)18-14(19)13-2-1-7-20-13/h3-6,9,13H,1-2,7-8H2,(H,17,18,19). The number of halogens is 1. The first-order valence-corrected chi connectivity index (χ1v) is 8.02. The van der Waals surface area contributed by atoms with E-state index in [2.05, 4.69) is 10.3 Å². The molecule has 1 aromatic carbocycles. The molecule has 2 aromatic rings. The third-order valence-electron chi connectivity index (χ3n) is 3.30. The van der Waals surface area contributed by atoms with Crippen LogP contribution in [-0.4, -0.2) is 23.6 Å². The molecule has 110 valence electrons. The molecule has 1 amide bonds. The lowest BCUT2D eigenvalue weighted by Gasteiger charge is -2.07. The van der Waals surface area contributed by atoms with Crippen molar-refractivity contribution in [2.45, 2.75) is 25.4 Å². The second kappa shape index (κ2) is 6.56. The minimum absolute atomic E-state index is 0.0973. The molecule has 1 atom stereocenters. The number of nitrogens with zero attached hydrogens (tertiary/aromatic N) is 1. The summed E-state index contributed by atoms with van der Waals surface area (Å²) in [5, 5.41) is 4.18. The zero-order chi connectivity index (χ0) is 14.7. The van der Waals surface area contributed by atoms with Gasteiger partial charge in [0.15, 0.2) is 5.13 Å². The molecule has 1 fully saturated rings. The molecule has 0 saturated carbocycles. The lowest BCUT2D eigenvalue weighted by atomic mass is 10.1. The van der Waals surface area contributed by atoms with Gasteiger partial charge in [-0.3, -0.25) is 10.1 Å². The summed E-state index contributed by atoms with van der Waals surface area (Å²) in [5.41, 5.74) is 1.17. The van der Waals surface area contributed by atoms with Crippen LogP contribution in [0.2, 0.25) is 5.02 Å². The van der Waals surface area contributed by atoms with Crippen molar-refractivity contribution in [2.75, 3.05) is 11.9 Å². The molecule has 0 bridgehead atoms. The molecule has 21 heavy (non-hydrogen) atoms. The van der Waals surface area contributed by atoms with Crippen LogP contribution in [-0.2, 0) is 16.0 Å². The summed E-state index contributed by atoms with van der Waals surface area (Å²) in [6.07, 6.45) is 3.98. The molecule has 0 radical (unpaired) electrons. The molecule has 1 unspecified atom stereocenters. The highest BCUT2D eigenvalue weighted by atomic mass is 35.5. The van der Waals surface area contributed by atoms with Crippen molar-refractivity contribution in [3.8, 4) is 0 Å². The van der Waals surface area contributed by atoms with E-state index < -0.39 is 0 Å². The van der Waals surface area contributed by atoms with Gasteiger partial charge in [-0.15, -0.1) is 11.3 Å². The number of thiazole rings is 1. The smallest absolute Gasteiger partial charge is 0.255 e. The molecule has 3 rings (SSSR count). The zero-order valence-corrected chi connectivity index (χ0v) is 12.9. The molecule has 1 aliphatic rings. The van der Waals surface area contributed by atoms with Crippen molar-refractivity contribution in [1.29, 1.82) is 0 Å². The maximum atomic E-state index is 11.9. The summed E-state index contributed by atoms with van der Waals surface area (Å²) in [5.74, 6) is -0.0973. The van der Waals surface area contributed by atoms with Gasteiger partial charge in [0, 0.05) is 29.1 Å². The summed E-state index contributed by atoms with van der Waals surface area (Å²) in [4.78, 5) is 17.3. The molecule has 2 heterocycles. The number of rotatable bonds is 4. The molecule has 1 aliphatic heterocycles. The average molecular weight is 323 g/mol. The molecule has 1 aromatic heterocycles. The second-order valence-electron chi connectivity index (χ2n) is 4.93. The summed E-state index contributed by atoms with van der Waals surface area (Å²) in [7, 11) is 0. The number of carbonyl (C=O) groups excluding carboxylic acids is 1. The van der Waals surface area contributed by atoms with Crippen molar-refractivity contribution in [2.24, 2.45) is 0 Å². The predicted molar refractivity (Wildman–Crippen MR) is 84.0 cm³/mol. The van der Waals surface area contributed by atoms with Crippen molar-refractivity contribution >= 4 is 34.0 Å². The minimum atomic E-state index is -0.325. The molecule has 1 N–H and O–H groups in total. The van der Waals surface area contributed by atoms with E-state index in [0.717, 1.165) is 29.2 Å². The molecule has 4 nitrogen and oxygen atoms in total. The Bertz CT molecular complexity index is 621.